The van der Waals surface area contributed by atoms with Crippen molar-refractivity contribution in [1.82, 2.24) is 20.9 Å². The van der Waals surface area contributed by atoms with Gasteiger partial charge in [0.1, 0.15) is 6.04 Å². The third-order valence-corrected chi connectivity index (χ3v) is 5.95. The second kappa shape index (κ2) is 10.7. The van der Waals surface area contributed by atoms with E-state index in [-0.39, 0.29) is 17.4 Å². The number of nitrogens with one attached hydrogen (secondary N) is 3. The summed E-state index contributed by atoms with van der Waals surface area (Å²) in [6, 6.07) is 12.0. The number of aromatic nitrogens is 1. The van der Waals surface area contributed by atoms with Crippen molar-refractivity contribution in [2.24, 2.45) is 5.92 Å². The fourth-order valence-electron chi connectivity index (χ4n) is 3.93. The van der Waals surface area contributed by atoms with Gasteiger partial charge in [-0.2, -0.15) is 0 Å². The lowest BCUT2D eigenvalue weighted by molar-refractivity contribution is -0.123. The molecule has 0 spiro atoms. The molecule has 5 nitrogen and oxygen atoms in total. The molecule has 1 aliphatic heterocycles. The van der Waals surface area contributed by atoms with Crippen LogP contribution in [0.4, 0.5) is 0 Å². The molecule has 5 heteroatoms. The molecule has 1 aliphatic rings. The van der Waals surface area contributed by atoms with Crippen LogP contribution in [0.1, 0.15) is 62.8 Å². The van der Waals surface area contributed by atoms with Gasteiger partial charge in [-0.1, -0.05) is 45.0 Å². The maximum absolute atomic E-state index is 13.1. The van der Waals surface area contributed by atoms with Crippen LogP contribution in [-0.2, 0) is 16.8 Å². The Kier molecular flexibility index (Phi) is 8.00. The fourth-order valence-corrected chi connectivity index (χ4v) is 3.93. The van der Waals surface area contributed by atoms with Crippen molar-refractivity contribution in [3.05, 3.63) is 65.5 Å². The minimum atomic E-state index is -0.345. The normalized spacial score (nSPS) is 16.2. The Balaban J connectivity index is 1.66. The van der Waals surface area contributed by atoms with Crippen LogP contribution in [0.3, 0.4) is 0 Å². The Hall–Kier alpha value is -2.24. The van der Waals surface area contributed by atoms with Crippen molar-refractivity contribution in [2.45, 2.75) is 58.0 Å². The highest BCUT2D eigenvalue weighted by Gasteiger charge is 2.22. The van der Waals surface area contributed by atoms with Gasteiger partial charge in [0, 0.05) is 18.9 Å². The summed E-state index contributed by atoms with van der Waals surface area (Å²) in [4.78, 5) is 17.1. The van der Waals surface area contributed by atoms with Gasteiger partial charge in [0.05, 0.1) is 0 Å². The van der Waals surface area contributed by atoms with E-state index in [1.54, 1.807) is 12.4 Å². The lowest BCUT2D eigenvalue weighted by Crippen LogP contribution is -2.38. The lowest BCUT2D eigenvalue weighted by Gasteiger charge is -2.25. The molecule has 1 fully saturated rings. The minimum absolute atomic E-state index is 0.0145. The smallest absolute Gasteiger partial charge is 0.242 e. The molecule has 2 aromatic rings. The third kappa shape index (κ3) is 6.64. The van der Waals surface area contributed by atoms with Crippen molar-refractivity contribution >= 4 is 5.91 Å². The van der Waals surface area contributed by atoms with Crippen LogP contribution in [0.25, 0.3) is 0 Å². The van der Waals surface area contributed by atoms with Crippen LogP contribution in [0.15, 0.2) is 48.8 Å². The van der Waals surface area contributed by atoms with E-state index in [1.165, 1.54) is 18.4 Å². The zero-order valence-electron chi connectivity index (χ0n) is 18.6. The first-order valence-corrected chi connectivity index (χ1v) is 11.1. The number of piperidine rings is 1. The van der Waals surface area contributed by atoms with E-state index in [0.29, 0.717) is 6.54 Å². The summed E-state index contributed by atoms with van der Waals surface area (Å²) in [7, 11) is 0. The summed E-state index contributed by atoms with van der Waals surface area (Å²) in [5, 5.41) is 10.0. The molecule has 162 valence electrons. The van der Waals surface area contributed by atoms with Crippen molar-refractivity contribution in [3.63, 3.8) is 0 Å². The summed E-state index contributed by atoms with van der Waals surface area (Å²) in [5.74, 6) is 0.753. The number of amides is 1. The molecular formula is C25H36N4O. The summed E-state index contributed by atoms with van der Waals surface area (Å²) in [5.41, 5.74) is 3.44. The molecule has 1 amide bonds. The van der Waals surface area contributed by atoms with Gasteiger partial charge in [-0.25, -0.2) is 0 Å². The maximum atomic E-state index is 13.1. The predicted molar refractivity (Wildman–Crippen MR) is 122 cm³/mol. The molecule has 0 aliphatic carbocycles. The third-order valence-electron chi connectivity index (χ3n) is 5.95. The van der Waals surface area contributed by atoms with Crippen molar-refractivity contribution < 1.29 is 4.79 Å². The SMILES string of the molecule is CC(C)(C)c1ccc(C(NCCC2CCNCC2)C(=O)NCc2ccncc2)cc1. The van der Waals surface area contributed by atoms with E-state index in [2.05, 4.69) is 66.0 Å². The topological polar surface area (TPSA) is 66.0 Å². The van der Waals surface area contributed by atoms with Crippen molar-refractivity contribution in [3.8, 4) is 0 Å². The monoisotopic (exact) mass is 408 g/mol. The number of hydrogen-bond acceptors (Lipinski definition) is 4. The average Bonchev–Trinajstić information content (AvgIpc) is 2.76. The molecule has 3 rings (SSSR count). The fraction of sp³-hybridized carbons (Fsp3) is 0.520. The number of carbonyl (C=O) groups excluding carboxylic acids is 1. The van der Waals surface area contributed by atoms with E-state index < -0.39 is 0 Å². The first-order valence-electron chi connectivity index (χ1n) is 11.1. The lowest BCUT2D eigenvalue weighted by atomic mass is 9.86. The molecule has 1 atom stereocenters. The van der Waals surface area contributed by atoms with Crippen LogP contribution < -0.4 is 16.0 Å². The largest absolute Gasteiger partial charge is 0.350 e. The second-order valence-electron chi connectivity index (χ2n) is 9.31. The van der Waals surface area contributed by atoms with Gasteiger partial charge in [0.15, 0.2) is 0 Å². The summed E-state index contributed by atoms with van der Waals surface area (Å²) >= 11 is 0. The number of hydrogen-bond donors (Lipinski definition) is 3. The number of benzene rings is 1. The Morgan fingerprint density at radius 3 is 2.40 bits per heavy atom. The minimum Gasteiger partial charge on any atom is -0.350 e. The van der Waals surface area contributed by atoms with Gasteiger partial charge in [0.25, 0.3) is 0 Å². The van der Waals surface area contributed by atoms with E-state index >= 15 is 0 Å². The predicted octanol–water partition coefficient (Wildman–Crippen LogP) is 3.72. The second-order valence-corrected chi connectivity index (χ2v) is 9.31. The molecule has 30 heavy (non-hydrogen) atoms. The molecule has 1 aromatic carbocycles. The van der Waals surface area contributed by atoms with Gasteiger partial charge in [-0.3, -0.25) is 9.78 Å². The van der Waals surface area contributed by atoms with E-state index in [0.717, 1.165) is 43.1 Å². The maximum Gasteiger partial charge on any atom is 0.242 e. The molecule has 0 saturated carbocycles. The molecule has 1 unspecified atom stereocenters. The molecule has 3 N–H and O–H groups in total. The molecule has 1 aromatic heterocycles. The number of carbonyl (C=O) groups is 1. The number of pyridine rings is 1. The van der Waals surface area contributed by atoms with Crippen LogP contribution in [0.5, 0.6) is 0 Å². The first kappa shape index (κ1) is 22.4. The van der Waals surface area contributed by atoms with E-state index in [1.807, 2.05) is 12.1 Å². The zero-order valence-corrected chi connectivity index (χ0v) is 18.6. The highest BCUT2D eigenvalue weighted by Crippen LogP contribution is 2.24. The molecule has 0 bridgehead atoms. The van der Waals surface area contributed by atoms with Crippen LogP contribution in [-0.4, -0.2) is 30.5 Å². The average molecular weight is 409 g/mol. The van der Waals surface area contributed by atoms with Gasteiger partial charge in [-0.15, -0.1) is 0 Å². The molecule has 0 radical (unpaired) electrons. The molecular weight excluding hydrogens is 372 g/mol. The van der Waals surface area contributed by atoms with Gasteiger partial charge >= 0.3 is 0 Å². The number of nitrogens with zero attached hydrogens (tertiary/aromatic N) is 1. The van der Waals surface area contributed by atoms with E-state index in [9.17, 15) is 4.79 Å². The van der Waals surface area contributed by atoms with Gasteiger partial charge < -0.3 is 16.0 Å². The quantitative estimate of drug-likeness (QED) is 0.623. The molecule has 1 saturated heterocycles. The Bertz CT molecular complexity index is 777. The van der Waals surface area contributed by atoms with Crippen LogP contribution in [0.2, 0.25) is 0 Å². The Morgan fingerprint density at radius 2 is 1.77 bits per heavy atom. The van der Waals surface area contributed by atoms with Gasteiger partial charge in [0.2, 0.25) is 5.91 Å². The highest BCUT2D eigenvalue weighted by molar-refractivity contribution is 5.83. The van der Waals surface area contributed by atoms with Gasteiger partial charge in [-0.05, 0) is 79.1 Å². The Morgan fingerprint density at radius 1 is 1.10 bits per heavy atom. The zero-order chi connectivity index (χ0) is 21.4. The Labute approximate surface area is 181 Å². The summed E-state index contributed by atoms with van der Waals surface area (Å²) in [6.45, 7) is 10.2. The van der Waals surface area contributed by atoms with Crippen molar-refractivity contribution in [1.29, 1.82) is 0 Å². The highest BCUT2D eigenvalue weighted by atomic mass is 16.2. The van der Waals surface area contributed by atoms with Crippen molar-refractivity contribution in [2.75, 3.05) is 19.6 Å². The van der Waals surface area contributed by atoms with Crippen LogP contribution in [0, 0.1) is 5.92 Å². The first-order chi connectivity index (χ1) is 14.4. The van der Waals surface area contributed by atoms with Crippen LogP contribution >= 0.6 is 0 Å². The number of rotatable bonds is 8. The summed E-state index contributed by atoms with van der Waals surface area (Å²) in [6.07, 6.45) is 7.06. The molecule has 2 heterocycles. The standard InChI is InChI=1S/C25H36N4O/c1-25(2,3)22-6-4-21(5-7-22)23(28-17-12-19-8-13-26-14-9-19)24(30)29-18-20-10-15-27-16-11-20/h4-7,10-11,15-16,19,23,26,28H,8-9,12-14,17-18H2,1-3H3,(H,29,30). The summed E-state index contributed by atoms with van der Waals surface area (Å²) < 4.78 is 0. The van der Waals surface area contributed by atoms with E-state index in [4.69, 9.17) is 0 Å².